The first-order valence-corrected chi connectivity index (χ1v) is 19.6. The number of furan rings is 2. The molecule has 1 aliphatic carbocycles. The number of hydrogen-bond acceptors (Lipinski definition) is 2. The van der Waals surface area contributed by atoms with Crippen LogP contribution in [0.4, 0.5) is 0 Å². The van der Waals surface area contributed by atoms with Gasteiger partial charge < -0.3 is 18.0 Å². The summed E-state index contributed by atoms with van der Waals surface area (Å²) in [5, 5.41) is 8.91. The van der Waals surface area contributed by atoms with Gasteiger partial charge in [-0.1, -0.05) is 133 Å². The Morgan fingerprint density at radius 1 is 0.414 bits per heavy atom. The Kier molecular flexibility index (Phi) is 6.33. The monoisotopic (exact) mass is 738 g/mol. The van der Waals surface area contributed by atoms with E-state index in [0.29, 0.717) is 0 Å². The molecule has 0 atom stereocenters. The van der Waals surface area contributed by atoms with E-state index < -0.39 is 0 Å². The molecule has 268 valence electrons. The zero-order valence-electron chi connectivity index (χ0n) is 31.0. The smallest absolute Gasteiger partial charge is 0.168 e. The Morgan fingerprint density at radius 2 is 1.07 bits per heavy atom. The van der Waals surface area contributed by atoms with Gasteiger partial charge in [0.05, 0.1) is 38.7 Å². The van der Waals surface area contributed by atoms with Gasteiger partial charge in [-0.3, -0.25) is 0 Å². The predicted molar refractivity (Wildman–Crippen MR) is 238 cm³/mol. The van der Waals surface area contributed by atoms with Crippen molar-refractivity contribution < 1.29 is 8.83 Å². The summed E-state index contributed by atoms with van der Waals surface area (Å²) in [6.07, 6.45) is 2.00. The van der Waals surface area contributed by atoms with E-state index >= 15 is 0 Å². The van der Waals surface area contributed by atoms with Crippen molar-refractivity contribution in [1.29, 1.82) is 0 Å². The van der Waals surface area contributed by atoms with E-state index in [4.69, 9.17) is 8.83 Å². The van der Waals surface area contributed by atoms with Crippen LogP contribution in [-0.2, 0) is 0 Å². The average Bonchev–Trinajstić information content (AvgIpc) is 4.04. The fraction of sp³-hybridized carbons (Fsp3) is 0. The molecule has 58 heavy (non-hydrogen) atoms. The lowest BCUT2D eigenvalue weighted by molar-refractivity contribution is 0.570. The van der Waals surface area contributed by atoms with Crippen molar-refractivity contribution in [2.24, 2.45) is 0 Å². The van der Waals surface area contributed by atoms with Crippen molar-refractivity contribution in [3.63, 3.8) is 0 Å². The molecule has 0 fully saturated rings. The number of benzene rings is 8. The Hall–Kier alpha value is -8.00. The van der Waals surface area contributed by atoms with Gasteiger partial charge in [-0.05, 0) is 76.9 Å². The van der Waals surface area contributed by atoms with Crippen molar-refractivity contribution in [3.05, 3.63) is 198 Å². The highest BCUT2D eigenvalue weighted by molar-refractivity contribution is 6.20. The van der Waals surface area contributed by atoms with Crippen LogP contribution < -0.4 is 10.6 Å². The van der Waals surface area contributed by atoms with Crippen LogP contribution in [0.2, 0.25) is 0 Å². The largest absolute Gasteiger partial charge is 0.454 e. The first kappa shape index (κ1) is 31.2. The third-order valence-electron chi connectivity index (χ3n) is 12.0. The van der Waals surface area contributed by atoms with Crippen LogP contribution in [0.25, 0.3) is 116 Å². The molecule has 0 aliphatic heterocycles. The van der Waals surface area contributed by atoms with Gasteiger partial charge in [0, 0.05) is 43.8 Å². The summed E-state index contributed by atoms with van der Waals surface area (Å²) < 4.78 is 18.0. The van der Waals surface area contributed by atoms with Gasteiger partial charge in [-0.25, -0.2) is 0 Å². The standard InChI is InChI=1S/C54H30N2O2/c1-2-15-33(16-3-1)41-32-49-43(34-17-4-8-24-44(34)56(49)48-28-14-23-39-36-19-7-11-30-51(36)58-54(39)48)31-42(41)37-21-12-26-46-52(37)40-20-5-9-25-45(40)55(46)47-27-13-22-38-35-18-6-10-29-50(35)57-53(38)47/h1-13,15-22,24-32H. The topological polar surface area (TPSA) is 36.1 Å². The van der Waals surface area contributed by atoms with Gasteiger partial charge in [0.25, 0.3) is 0 Å². The highest BCUT2D eigenvalue weighted by atomic mass is 16.3. The summed E-state index contributed by atoms with van der Waals surface area (Å²) in [5.41, 5.74) is 21.1. The highest BCUT2D eigenvalue weighted by Gasteiger charge is 2.24. The molecular weight excluding hydrogens is 709 g/mol. The minimum absolute atomic E-state index is 0.796. The Morgan fingerprint density at radius 3 is 1.91 bits per heavy atom. The molecule has 4 nitrogen and oxygen atoms in total. The molecule has 0 spiro atoms. The molecule has 1 aliphatic rings. The van der Waals surface area contributed by atoms with E-state index in [1.807, 2.05) is 30.3 Å². The van der Waals surface area contributed by atoms with Gasteiger partial charge in [0.1, 0.15) is 11.2 Å². The molecule has 12 aromatic rings. The zero-order valence-corrected chi connectivity index (χ0v) is 31.0. The second-order valence-corrected chi connectivity index (χ2v) is 15.0. The number of rotatable bonds is 4. The SMILES string of the molecule is C1=C=c2c(oc3ccccc23)=C(n2c3ccccc3c3cc(-c4cccc5c4c4ccccc4n5-c4cccc5c4oc4ccccc45)c(-c4ccccc4)cc32)C=1. The first-order valence-electron chi connectivity index (χ1n) is 19.6. The molecule has 0 radical (unpaired) electrons. The quantitative estimate of drug-likeness (QED) is 0.169. The minimum Gasteiger partial charge on any atom is -0.454 e. The average molecular weight is 739 g/mol. The maximum atomic E-state index is 6.63. The normalized spacial score (nSPS) is 12.6. The number of hydrogen-bond donors (Lipinski definition) is 0. The summed E-state index contributed by atoms with van der Waals surface area (Å²) in [5.74, 6) is 0. The molecule has 4 heteroatoms. The van der Waals surface area contributed by atoms with Crippen LogP contribution in [-0.4, -0.2) is 9.13 Å². The van der Waals surface area contributed by atoms with E-state index in [1.165, 1.54) is 27.3 Å². The van der Waals surface area contributed by atoms with Crippen molar-refractivity contribution in [3.8, 4) is 27.9 Å². The van der Waals surface area contributed by atoms with E-state index in [1.54, 1.807) is 0 Å². The van der Waals surface area contributed by atoms with Crippen molar-refractivity contribution in [1.82, 2.24) is 9.13 Å². The number of allylic oxidation sites excluding steroid dienone is 1. The van der Waals surface area contributed by atoms with E-state index in [2.05, 4.69) is 172 Å². The summed E-state index contributed by atoms with van der Waals surface area (Å²) in [6.45, 7) is 0. The lowest BCUT2D eigenvalue weighted by Gasteiger charge is -2.15. The lowest BCUT2D eigenvalue weighted by Crippen LogP contribution is -2.25. The van der Waals surface area contributed by atoms with Gasteiger partial charge in [0.2, 0.25) is 0 Å². The summed E-state index contributed by atoms with van der Waals surface area (Å²) in [6, 6.07) is 62.7. The van der Waals surface area contributed by atoms with Crippen LogP contribution >= 0.6 is 0 Å². The van der Waals surface area contributed by atoms with Crippen LogP contribution in [0.3, 0.4) is 0 Å². The zero-order chi connectivity index (χ0) is 37.9. The summed E-state index contributed by atoms with van der Waals surface area (Å²) in [7, 11) is 0. The van der Waals surface area contributed by atoms with Gasteiger partial charge in [-0.2, -0.15) is 0 Å². The Balaban J connectivity index is 1.15. The number of para-hydroxylation sites is 5. The summed E-state index contributed by atoms with van der Waals surface area (Å²) >= 11 is 0. The van der Waals surface area contributed by atoms with Gasteiger partial charge >= 0.3 is 0 Å². The lowest BCUT2D eigenvalue weighted by atomic mass is 9.90. The first-order chi connectivity index (χ1) is 28.8. The van der Waals surface area contributed by atoms with E-state index in [0.717, 1.165) is 93.5 Å². The van der Waals surface area contributed by atoms with Crippen LogP contribution in [0, 0.1) is 0 Å². The van der Waals surface area contributed by atoms with Gasteiger partial charge in [0.15, 0.2) is 11.0 Å². The van der Waals surface area contributed by atoms with Crippen LogP contribution in [0.5, 0.6) is 0 Å². The molecule has 13 rings (SSSR count). The van der Waals surface area contributed by atoms with Crippen molar-refractivity contribution in [2.45, 2.75) is 0 Å². The van der Waals surface area contributed by atoms with Crippen molar-refractivity contribution >= 4 is 87.9 Å². The molecule has 0 unspecified atom stereocenters. The molecule has 0 N–H and O–H groups in total. The maximum Gasteiger partial charge on any atom is 0.168 e. The predicted octanol–water partition coefficient (Wildman–Crippen LogP) is 12.6. The highest BCUT2D eigenvalue weighted by Crippen LogP contribution is 2.46. The van der Waals surface area contributed by atoms with E-state index in [9.17, 15) is 0 Å². The van der Waals surface area contributed by atoms with Gasteiger partial charge in [-0.15, -0.1) is 0 Å². The molecule has 0 amide bonds. The molecule has 8 aromatic carbocycles. The summed E-state index contributed by atoms with van der Waals surface area (Å²) in [4.78, 5) is 0. The number of nitrogens with zero attached hydrogens (tertiary/aromatic N) is 2. The fourth-order valence-electron chi connectivity index (χ4n) is 9.52. The molecule has 0 bridgehead atoms. The molecule has 4 heterocycles. The molecule has 4 aromatic heterocycles. The second kappa shape index (κ2) is 11.8. The van der Waals surface area contributed by atoms with Crippen molar-refractivity contribution in [2.75, 3.05) is 0 Å². The Bertz CT molecular complexity index is 3930. The van der Waals surface area contributed by atoms with Crippen LogP contribution in [0.1, 0.15) is 0 Å². The number of fused-ring (bicyclic) bond motifs is 12. The molecule has 0 saturated heterocycles. The maximum absolute atomic E-state index is 6.63. The molecule has 0 saturated carbocycles. The second-order valence-electron chi connectivity index (χ2n) is 15.0. The fourth-order valence-corrected chi connectivity index (χ4v) is 9.52. The Labute approximate surface area is 331 Å². The number of aromatic nitrogens is 2. The third-order valence-corrected chi connectivity index (χ3v) is 12.0. The minimum atomic E-state index is 0.796. The van der Waals surface area contributed by atoms with Crippen LogP contribution in [0.15, 0.2) is 197 Å². The third kappa shape index (κ3) is 4.25. The van der Waals surface area contributed by atoms with E-state index in [-0.39, 0.29) is 0 Å². The molecular formula is C54H30N2O2.